The molecule has 1 amide bonds. The number of carboxylic acid groups (broad SMARTS) is 1. The molecule has 0 radical (unpaired) electrons. The number of rotatable bonds is 2. The fourth-order valence-corrected chi connectivity index (χ4v) is 2.93. The number of fused-ring (bicyclic) bond motifs is 1. The number of hydrogen-bond donors (Lipinski definition) is 1. The summed E-state index contributed by atoms with van der Waals surface area (Å²) in [5, 5.41) is 9.52. The number of hydrogen-bond acceptors (Lipinski definition) is 3. The molecule has 0 saturated carbocycles. The lowest BCUT2D eigenvalue weighted by Crippen LogP contribution is -2.43. The molecule has 0 fully saturated rings. The van der Waals surface area contributed by atoms with Gasteiger partial charge in [-0.25, -0.2) is 4.79 Å². The Morgan fingerprint density at radius 3 is 2.67 bits per heavy atom. The molecule has 2 heterocycles. The third-order valence-corrected chi connectivity index (χ3v) is 3.99. The number of amides is 1. The van der Waals surface area contributed by atoms with Crippen LogP contribution in [0.1, 0.15) is 27.7 Å². The van der Waals surface area contributed by atoms with E-state index in [-0.39, 0.29) is 5.76 Å². The number of benzene rings is 1. The van der Waals surface area contributed by atoms with E-state index in [1.54, 1.807) is 18.2 Å². The van der Waals surface area contributed by atoms with Crippen molar-refractivity contribution >= 4 is 27.8 Å². The largest absolute Gasteiger partial charge is 0.479 e. The average molecular weight is 350 g/mol. The molecule has 1 aromatic heterocycles. The van der Waals surface area contributed by atoms with E-state index in [0.717, 1.165) is 5.56 Å². The van der Waals surface area contributed by atoms with Gasteiger partial charge in [-0.15, -0.1) is 0 Å². The molecule has 5 nitrogen and oxygen atoms in total. The van der Waals surface area contributed by atoms with Crippen molar-refractivity contribution in [2.24, 2.45) is 0 Å². The van der Waals surface area contributed by atoms with Crippen molar-refractivity contribution in [1.29, 1.82) is 0 Å². The number of halogens is 1. The molecule has 1 N–H and O–H groups in total. The van der Waals surface area contributed by atoms with Crippen molar-refractivity contribution in [2.75, 3.05) is 6.54 Å². The molecule has 6 heteroatoms. The van der Waals surface area contributed by atoms with E-state index in [1.165, 1.54) is 11.0 Å². The van der Waals surface area contributed by atoms with Crippen LogP contribution in [0.2, 0.25) is 0 Å². The Kier molecular flexibility index (Phi) is 3.55. The van der Waals surface area contributed by atoms with Gasteiger partial charge < -0.3 is 14.4 Å². The van der Waals surface area contributed by atoms with E-state index in [9.17, 15) is 14.7 Å². The lowest BCUT2D eigenvalue weighted by molar-refractivity contribution is -0.143. The second-order valence-corrected chi connectivity index (χ2v) is 5.57. The summed E-state index contributed by atoms with van der Waals surface area (Å²) in [5.74, 6) is -1.32. The summed E-state index contributed by atoms with van der Waals surface area (Å²) in [7, 11) is 0. The first-order chi connectivity index (χ1) is 10.1. The highest BCUT2D eigenvalue weighted by Crippen LogP contribution is 2.31. The van der Waals surface area contributed by atoms with Gasteiger partial charge in [-0.3, -0.25) is 4.79 Å². The van der Waals surface area contributed by atoms with E-state index < -0.39 is 17.9 Å². The summed E-state index contributed by atoms with van der Waals surface area (Å²) in [6.07, 6.45) is 0.633. The van der Waals surface area contributed by atoms with Crippen molar-refractivity contribution < 1.29 is 19.1 Å². The van der Waals surface area contributed by atoms with Gasteiger partial charge in [0.1, 0.15) is 0 Å². The highest BCUT2D eigenvalue weighted by Gasteiger charge is 2.37. The summed E-state index contributed by atoms with van der Waals surface area (Å²) in [6.45, 7) is 0.352. The van der Waals surface area contributed by atoms with Crippen LogP contribution in [0, 0.1) is 0 Å². The Balaban J connectivity index is 1.99. The predicted molar refractivity (Wildman–Crippen MR) is 78.0 cm³/mol. The van der Waals surface area contributed by atoms with E-state index in [0.29, 0.717) is 23.2 Å². The highest BCUT2D eigenvalue weighted by molar-refractivity contribution is 9.10. The van der Waals surface area contributed by atoms with Crippen LogP contribution in [-0.2, 0) is 11.2 Å². The molecule has 0 bridgehead atoms. The van der Waals surface area contributed by atoms with Crippen LogP contribution in [0.25, 0.3) is 0 Å². The number of nitrogens with zero attached hydrogens (tertiary/aromatic N) is 1. The third-order valence-electron chi connectivity index (χ3n) is 3.56. The highest BCUT2D eigenvalue weighted by atomic mass is 79.9. The van der Waals surface area contributed by atoms with Crippen molar-refractivity contribution in [1.82, 2.24) is 4.90 Å². The normalized spacial score (nSPS) is 17.4. The Morgan fingerprint density at radius 1 is 1.24 bits per heavy atom. The third kappa shape index (κ3) is 2.47. The Hall–Kier alpha value is -2.08. The van der Waals surface area contributed by atoms with E-state index in [1.807, 2.05) is 12.1 Å². The van der Waals surface area contributed by atoms with E-state index >= 15 is 0 Å². The maximum absolute atomic E-state index is 12.5. The number of carboxylic acids is 1. The Labute approximate surface area is 129 Å². The first-order valence-corrected chi connectivity index (χ1v) is 7.24. The zero-order chi connectivity index (χ0) is 15.0. The Bertz CT molecular complexity index is 709. The topological polar surface area (TPSA) is 70.8 Å². The van der Waals surface area contributed by atoms with Crippen LogP contribution in [0.4, 0.5) is 0 Å². The minimum absolute atomic E-state index is 0.132. The molecule has 0 saturated heterocycles. The second kappa shape index (κ2) is 5.37. The summed E-state index contributed by atoms with van der Waals surface area (Å²) in [5.41, 5.74) is 1.63. The van der Waals surface area contributed by atoms with Gasteiger partial charge >= 0.3 is 5.97 Å². The standard InChI is InChI=1S/C15H12BrNO4/c16-12-6-5-11(21-12)14(18)17-8-7-9-3-1-2-4-10(9)13(17)15(19)20/h1-6,13H,7-8H2,(H,19,20). The lowest BCUT2D eigenvalue weighted by atomic mass is 9.92. The van der Waals surface area contributed by atoms with E-state index in [4.69, 9.17) is 4.42 Å². The van der Waals surface area contributed by atoms with Gasteiger partial charge in [0.25, 0.3) is 5.91 Å². The first-order valence-electron chi connectivity index (χ1n) is 6.45. The monoisotopic (exact) mass is 349 g/mol. The number of carbonyl (C=O) groups is 2. The van der Waals surface area contributed by atoms with Gasteiger partial charge in [-0.05, 0) is 45.6 Å². The van der Waals surface area contributed by atoms with Crippen LogP contribution in [0.15, 0.2) is 45.5 Å². The molecule has 0 spiro atoms. The quantitative estimate of drug-likeness (QED) is 0.904. The number of carbonyl (C=O) groups excluding carboxylic acids is 1. The van der Waals surface area contributed by atoms with Crippen LogP contribution < -0.4 is 0 Å². The minimum atomic E-state index is -1.04. The van der Waals surface area contributed by atoms with Gasteiger partial charge in [0.15, 0.2) is 16.5 Å². The van der Waals surface area contributed by atoms with Gasteiger partial charge in [0, 0.05) is 6.54 Å². The summed E-state index contributed by atoms with van der Waals surface area (Å²) in [4.78, 5) is 25.5. The van der Waals surface area contributed by atoms with E-state index in [2.05, 4.69) is 15.9 Å². The zero-order valence-electron chi connectivity index (χ0n) is 11.0. The zero-order valence-corrected chi connectivity index (χ0v) is 12.5. The molecular formula is C15H12BrNO4. The molecule has 2 aromatic rings. The van der Waals surface area contributed by atoms with Crippen molar-refractivity contribution in [3.63, 3.8) is 0 Å². The van der Waals surface area contributed by atoms with Gasteiger partial charge in [0.2, 0.25) is 0 Å². The lowest BCUT2D eigenvalue weighted by Gasteiger charge is -2.34. The first kappa shape index (κ1) is 13.9. The number of aliphatic carboxylic acids is 1. The fourth-order valence-electron chi connectivity index (χ4n) is 2.62. The molecule has 3 rings (SSSR count). The molecule has 1 aliphatic rings. The summed E-state index contributed by atoms with van der Waals surface area (Å²) >= 11 is 3.14. The second-order valence-electron chi connectivity index (χ2n) is 4.79. The molecule has 1 aromatic carbocycles. The minimum Gasteiger partial charge on any atom is -0.479 e. The van der Waals surface area contributed by atoms with Crippen LogP contribution >= 0.6 is 15.9 Å². The molecule has 1 atom stereocenters. The average Bonchev–Trinajstić information content (AvgIpc) is 2.91. The van der Waals surface area contributed by atoms with Crippen LogP contribution in [-0.4, -0.2) is 28.4 Å². The molecule has 108 valence electrons. The van der Waals surface area contributed by atoms with Crippen molar-refractivity contribution in [3.8, 4) is 0 Å². The molecule has 1 aliphatic heterocycles. The molecule has 1 unspecified atom stereocenters. The smallest absolute Gasteiger partial charge is 0.331 e. The summed E-state index contributed by atoms with van der Waals surface area (Å²) in [6, 6.07) is 9.48. The molecule has 21 heavy (non-hydrogen) atoms. The molecule has 0 aliphatic carbocycles. The predicted octanol–water partition coefficient (Wildman–Crippen LogP) is 2.87. The van der Waals surface area contributed by atoms with Gasteiger partial charge in [0.05, 0.1) is 0 Å². The van der Waals surface area contributed by atoms with Crippen molar-refractivity contribution in [2.45, 2.75) is 12.5 Å². The maximum Gasteiger partial charge on any atom is 0.331 e. The SMILES string of the molecule is O=C(O)C1c2ccccc2CCN1C(=O)c1ccc(Br)o1. The van der Waals surface area contributed by atoms with Crippen molar-refractivity contribution in [3.05, 3.63) is 58.0 Å². The number of furan rings is 1. The molecular weight excluding hydrogens is 338 g/mol. The van der Waals surface area contributed by atoms with Crippen LogP contribution in [0.3, 0.4) is 0 Å². The maximum atomic E-state index is 12.5. The van der Waals surface area contributed by atoms with Gasteiger partial charge in [-0.2, -0.15) is 0 Å². The van der Waals surface area contributed by atoms with Crippen LogP contribution in [0.5, 0.6) is 0 Å². The fraction of sp³-hybridized carbons (Fsp3) is 0.200. The van der Waals surface area contributed by atoms with Gasteiger partial charge in [-0.1, -0.05) is 24.3 Å². The Morgan fingerprint density at radius 2 is 2.00 bits per heavy atom. The summed E-state index contributed by atoms with van der Waals surface area (Å²) < 4.78 is 5.69.